The molecule has 0 aromatic heterocycles. The van der Waals surface area contributed by atoms with Crippen LogP contribution in [0.25, 0.3) is 0 Å². The van der Waals surface area contributed by atoms with Crippen LogP contribution in [-0.2, 0) is 4.79 Å². The molecule has 0 bridgehead atoms. The maximum Gasteiger partial charge on any atom is 0.220 e. The first-order chi connectivity index (χ1) is 7.41. The van der Waals surface area contributed by atoms with E-state index in [4.69, 9.17) is 5.73 Å². The fraction of sp³-hybridized carbons (Fsp3) is 0.923. The third-order valence-electron chi connectivity index (χ3n) is 3.24. The van der Waals surface area contributed by atoms with Crippen molar-refractivity contribution in [3.05, 3.63) is 0 Å². The zero-order chi connectivity index (χ0) is 12.6. The zero-order valence-electron chi connectivity index (χ0n) is 11.3. The maximum atomic E-state index is 11.6. The van der Waals surface area contributed by atoms with Crippen LogP contribution in [0.2, 0.25) is 0 Å². The number of carbonyl (C=O) groups excluding carboxylic acids is 1. The van der Waals surface area contributed by atoms with Gasteiger partial charge in [-0.1, -0.05) is 27.7 Å². The first-order valence-corrected chi connectivity index (χ1v) is 6.38. The van der Waals surface area contributed by atoms with Crippen molar-refractivity contribution in [1.29, 1.82) is 0 Å². The number of nitrogens with one attached hydrogen (secondary N) is 1. The first kappa shape index (κ1) is 15.4. The lowest BCUT2D eigenvalue weighted by Crippen LogP contribution is -2.33. The van der Waals surface area contributed by atoms with Crippen molar-refractivity contribution in [1.82, 2.24) is 5.32 Å². The van der Waals surface area contributed by atoms with E-state index in [-0.39, 0.29) is 11.3 Å². The molecule has 1 atom stereocenters. The van der Waals surface area contributed by atoms with E-state index < -0.39 is 0 Å². The largest absolute Gasteiger partial charge is 0.356 e. The highest BCUT2D eigenvalue weighted by Gasteiger charge is 2.16. The van der Waals surface area contributed by atoms with Gasteiger partial charge in [0.05, 0.1) is 0 Å². The van der Waals surface area contributed by atoms with Gasteiger partial charge in [0, 0.05) is 13.0 Å². The fourth-order valence-corrected chi connectivity index (χ4v) is 1.36. The minimum Gasteiger partial charge on any atom is -0.356 e. The Morgan fingerprint density at radius 1 is 1.38 bits per heavy atom. The van der Waals surface area contributed by atoms with Crippen LogP contribution in [0.5, 0.6) is 0 Å². The third-order valence-corrected chi connectivity index (χ3v) is 3.24. The summed E-state index contributed by atoms with van der Waals surface area (Å²) in [7, 11) is 0. The molecule has 0 aliphatic heterocycles. The van der Waals surface area contributed by atoms with Crippen molar-refractivity contribution in [3.8, 4) is 0 Å². The summed E-state index contributed by atoms with van der Waals surface area (Å²) in [5, 5.41) is 3.00. The number of carbonyl (C=O) groups is 1. The van der Waals surface area contributed by atoms with Crippen LogP contribution in [0.3, 0.4) is 0 Å². The second kappa shape index (κ2) is 7.66. The molecule has 0 saturated carbocycles. The average Bonchev–Trinajstić information content (AvgIpc) is 2.24. The summed E-state index contributed by atoms with van der Waals surface area (Å²) in [5.74, 6) is 0.723. The highest BCUT2D eigenvalue weighted by atomic mass is 16.1. The topological polar surface area (TPSA) is 55.1 Å². The summed E-state index contributed by atoms with van der Waals surface area (Å²) in [4.78, 5) is 11.6. The summed E-state index contributed by atoms with van der Waals surface area (Å²) in [6.07, 6.45) is 3.65. The monoisotopic (exact) mass is 228 g/mol. The Bertz CT molecular complexity index is 202. The zero-order valence-corrected chi connectivity index (χ0v) is 11.3. The Hall–Kier alpha value is -0.570. The van der Waals surface area contributed by atoms with Gasteiger partial charge in [-0.05, 0) is 37.1 Å². The van der Waals surface area contributed by atoms with Crippen LogP contribution in [0.1, 0.15) is 53.4 Å². The van der Waals surface area contributed by atoms with E-state index in [1.165, 1.54) is 0 Å². The van der Waals surface area contributed by atoms with E-state index in [0.717, 1.165) is 25.8 Å². The van der Waals surface area contributed by atoms with Gasteiger partial charge in [0.1, 0.15) is 0 Å². The molecule has 0 aliphatic rings. The minimum absolute atomic E-state index is 0.172. The number of hydrogen-bond donors (Lipinski definition) is 2. The van der Waals surface area contributed by atoms with E-state index in [0.29, 0.717) is 18.9 Å². The van der Waals surface area contributed by atoms with Crippen molar-refractivity contribution < 1.29 is 4.79 Å². The molecule has 1 unspecified atom stereocenters. The molecule has 3 nitrogen and oxygen atoms in total. The molecule has 0 saturated heterocycles. The normalized spacial score (nSPS) is 13.6. The Morgan fingerprint density at radius 2 is 2.00 bits per heavy atom. The highest BCUT2D eigenvalue weighted by Crippen LogP contribution is 2.17. The van der Waals surface area contributed by atoms with E-state index in [1.54, 1.807) is 0 Å². The van der Waals surface area contributed by atoms with Gasteiger partial charge >= 0.3 is 0 Å². The van der Waals surface area contributed by atoms with Gasteiger partial charge in [-0.15, -0.1) is 0 Å². The third kappa shape index (κ3) is 7.69. The lowest BCUT2D eigenvalue weighted by molar-refractivity contribution is -0.121. The highest BCUT2D eigenvalue weighted by molar-refractivity contribution is 5.75. The molecule has 3 N–H and O–H groups in total. The Morgan fingerprint density at radius 3 is 2.50 bits per heavy atom. The van der Waals surface area contributed by atoms with Gasteiger partial charge in [-0.25, -0.2) is 0 Å². The predicted molar refractivity (Wildman–Crippen MR) is 69.2 cm³/mol. The Kier molecular flexibility index (Phi) is 7.39. The number of amides is 1. The summed E-state index contributed by atoms with van der Waals surface area (Å²) in [6.45, 7) is 10.1. The fourth-order valence-electron chi connectivity index (χ4n) is 1.36. The second-order valence-corrected chi connectivity index (χ2v) is 5.52. The molecule has 0 heterocycles. The summed E-state index contributed by atoms with van der Waals surface area (Å²) < 4.78 is 0. The molecule has 96 valence electrons. The van der Waals surface area contributed by atoms with Crippen LogP contribution < -0.4 is 11.1 Å². The van der Waals surface area contributed by atoms with E-state index >= 15 is 0 Å². The van der Waals surface area contributed by atoms with E-state index in [2.05, 4.69) is 33.0 Å². The van der Waals surface area contributed by atoms with E-state index in [9.17, 15) is 4.79 Å². The quantitative estimate of drug-likeness (QED) is 0.670. The van der Waals surface area contributed by atoms with Crippen molar-refractivity contribution in [2.45, 2.75) is 53.4 Å². The van der Waals surface area contributed by atoms with Gasteiger partial charge < -0.3 is 11.1 Å². The molecule has 0 rings (SSSR count). The lowest BCUT2D eigenvalue weighted by Gasteiger charge is -2.23. The van der Waals surface area contributed by atoms with Crippen molar-refractivity contribution in [2.75, 3.05) is 13.1 Å². The minimum atomic E-state index is 0.172. The molecule has 16 heavy (non-hydrogen) atoms. The van der Waals surface area contributed by atoms with Crippen LogP contribution in [0, 0.1) is 11.3 Å². The van der Waals surface area contributed by atoms with Gasteiger partial charge in [-0.2, -0.15) is 0 Å². The summed E-state index contributed by atoms with van der Waals surface area (Å²) in [5.41, 5.74) is 5.68. The number of nitrogens with two attached hydrogens (primary N) is 1. The van der Waals surface area contributed by atoms with Gasteiger partial charge in [-0.3, -0.25) is 4.79 Å². The van der Waals surface area contributed by atoms with Crippen molar-refractivity contribution >= 4 is 5.91 Å². The van der Waals surface area contributed by atoms with E-state index in [1.807, 2.05) is 0 Å². The average molecular weight is 228 g/mol. The maximum absolute atomic E-state index is 11.6. The molecule has 0 aliphatic carbocycles. The Labute approximate surface area is 100 Å². The number of hydrogen-bond acceptors (Lipinski definition) is 2. The second-order valence-electron chi connectivity index (χ2n) is 5.52. The number of rotatable bonds is 8. The molecular formula is C13H28N2O. The molecular weight excluding hydrogens is 200 g/mol. The molecule has 1 amide bonds. The van der Waals surface area contributed by atoms with Crippen LogP contribution in [-0.4, -0.2) is 19.0 Å². The SMILES string of the molecule is CCC(C)(C)CNC(=O)CCC(C)CCN. The van der Waals surface area contributed by atoms with Gasteiger partial charge in [0.25, 0.3) is 0 Å². The first-order valence-electron chi connectivity index (χ1n) is 6.38. The molecule has 0 radical (unpaired) electrons. The summed E-state index contributed by atoms with van der Waals surface area (Å²) in [6, 6.07) is 0. The molecule has 0 fully saturated rings. The predicted octanol–water partition coefficient (Wildman–Crippen LogP) is 2.30. The van der Waals surface area contributed by atoms with Crippen LogP contribution in [0.15, 0.2) is 0 Å². The van der Waals surface area contributed by atoms with Gasteiger partial charge in [0.15, 0.2) is 0 Å². The molecule has 3 heteroatoms. The lowest BCUT2D eigenvalue weighted by atomic mass is 9.90. The van der Waals surface area contributed by atoms with Crippen molar-refractivity contribution in [3.63, 3.8) is 0 Å². The summed E-state index contributed by atoms with van der Waals surface area (Å²) >= 11 is 0. The van der Waals surface area contributed by atoms with Crippen LogP contribution in [0.4, 0.5) is 0 Å². The molecule has 0 aromatic rings. The van der Waals surface area contributed by atoms with Crippen LogP contribution >= 0.6 is 0 Å². The Balaban J connectivity index is 3.67. The smallest absolute Gasteiger partial charge is 0.220 e. The standard InChI is InChI=1S/C13H28N2O/c1-5-13(3,4)10-15-12(16)7-6-11(2)8-9-14/h11H,5-10,14H2,1-4H3,(H,15,16). The van der Waals surface area contributed by atoms with Crippen molar-refractivity contribution in [2.24, 2.45) is 17.1 Å². The molecule has 0 spiro atoms. The van der Waals surface area contributed by atoms with Gasteiger partial charge in [0.2, 0.25) is 5.91 Å². The molecule has 0 aromatic carbocycles.